The lowest BCUT2D eigenvalue weighted by Crippen LogP contribution is -2.20. The molecule has 0 aliphatic heterocycles. The maximum absolute atomic E-state index is 12.2. The fourth-order valence-corrected chi connectivity index (χ4v) is 3.29. The van der Waals surface area contributed by atoms with Gasteiger partial charge in [-0.25, -0.2) is 4.98 Å². The van der Waals surface area contributed by atoms with E-state index in [9.17, 15) is 4.79 Å². The third-order valence-electron chi connectivity index (χ3n) is 3.99. The van der Waals surface area contributed by atoms with E-state index in [4.69, 9.17) is 4.74 Å². The highest BCUT2D eigenvalue weighted by Gasteiger charge is 2.06. The number of nitrogens with zero attached hydrogens (tertiary/aromatic N) is 2. The number of imidazole rings is 1. The maximum Gasteiger partial charge on any atom is 0.244 e. The number of amides is 1. The maximum atomic E-state index is 12.2. The lowest BCUT2D eigenvalue weighted by Gasteiger charge is -2.07. The molecule has 0 aliphatic carbocycles. The summed E-state index contributed by atoms with van der Waals surface area (Å²) in [5.41, 5.74) is 3.66. The molecule has 2 heterocycles. The summed E-state index contributed by atoms with van der Waals surface area (Å²) in [4.78, 5) is 16.7. The van der Waals surface area contributed by atoms with Crippen molar-refractivity contribution in [3.05, 3.63) is 70.1 Å². The third kappa shape index (κ3) is 4.98. The fraction of sp³-hybridized carbons (Fsp3) is 0.238. The first-order chi connectivity index (χ1) is 13.1. The van der Waals surface area contributed by atoms with Crippen LogP contribution in [0.5, 0.6) is 5.75 Å². The minimum absolute atomic E-state index is 0.171. The van der Waals surface area contributed by atoms with Crippen molar-refractivity contribution in [2.24, 2.45) is 0 Å². The predicted octanol–water partition coefficient (Wildman–Crippen LogP) is 4.52. The molecule has 0 unspecified atom stereocenters. The Bertz CT molecular complexity index is 979. The number of carbonyl (C=O) groups excluding carboxylic acids is 1. The van der Waals surface area contributed by atoms with E-state index in [1.54, 1.807) is 6.08 Å². The Morgan fingerprint density at radius 1 is 1.33 bits per heavy atom. The van der Waals surface area contributed by atoms with Crippen molar-refractivity contribution in [2.45, 2.75) is 26.8 Å². The van der Waals surface area contributed by atoms with Gasteiger partial charge in [0.25, 0.3) is 0 Å². The van der Waals surface area contributed by atoms with Gasteiger partial charge in [-0.1, -0.05) is 25.1 Å². The number of fused-ring (bicyclic) bond motifs is 1. The number of para-hydroxylation sites is 1. The van der Waals surface area contributed by atoms with Gasteiger partial charge in [-0.15, -0.1) is 0 Å². The molecule has 0 spiro atoms. The zero-order chi connectivity index (χ0) is 19.2. The highest BCUT2D eigenvalue weighted by atomic mass is 79.9. The van der Waals surface area contributed by atoms with Crippen LogP contribution in [0.2, 0.25) is 0 Å². The Morgan fingerprint density at radius 3 is 2.96 bits per heavy atom. The Labute approximate surface area is 167 Å². The molecule has 140 valence electrons. The van der Waals surface area contributed by atoms with Crippen molar-refractivity contribution in [3.8, 4) is 5.75 Å². The molecule has 1 aromatic carbocycles. The number of hydrogen-bond acceptors (Lipinski definition) is 3. The number of pyridine rings is 1. The molecule has 3 rings (SSSR count). The Morgan fingerprint density at radius 2 is 2.15 bits per heavy atom. The average Bonchev–Trinajstić information content (AvgIpc) is 3.07. The van der Waals surface area contributed by atoms with E-state index < -0.39 is 0 Å². The van der Waals surface area contributed by atoms with Crippen LogP contribution >= 0.6 is 15.9 Å². The number of benzene rings is 1. The number of rotatable bonds is 7. The van der Waals surface area contributed by atoms with E-state index >= 15 is 0 Å². The van der Waals surface area contributed by atoms with Crippen LogP contribution in [0, 0.1) is 6.92 Å². The second-order valence-electron chi connectivity index (χ2n) is 6.24. The van der Waals surface area contributed by atoms with Crippen molar-refractivity contribution in [1.29, 1.82) is 0 Å². The zero-order valence-electron chi connectivity index (χ0n) is 15.4. The number of aryl methyl sites for hydroxylation is 1. The molecular weight excluding hydrogens is 406 g/mol. The SMILES string of the molecule is CCCOc1ccccc1/C=C/C(=O)NCc1cn2cc(Br)cc(C)c2n1. The first-order valence-corrected chi connectivity index (χ1v) is 9.67. The number of carbonyl (C=O) groups is 1. The van der Waals surface area contributed by atoms with Crippen LogP contribution < -0.4 is 10.1 Å². The normalized spacial score (nSPS) is 11.2. The topological polar surface area (TPSA) is 55.6 Å². The molecule has 27 heavy (non-hydrogen) atoms. The van der Waals surface area contributed by atoms with E-state index in [2.05, 4.69) is 33.2 Å². The molecule has 1 N–H and O–H groups in total. The second-order valence-corrected chi connectivity index (χ2v) is 7.16. The van der Waals surface area contributed by atoms with Crippen LogP contribution in [0.15, 0.2) is 53.3 Å². The van der Waals surface area contributed by atoms with Crippen LogP contribution in [-0.4, -0.2) is 21.9 Å². The van der Waals surface area contributed by atoms with E-state index in [0.29, 0.717) is 13.2 Å². The van der Waals surface area contributed by atoms with E-state index in [-0.39, 0.29) is 5.91 Å². The molecule has 0 bridgehead atoms. The van der Waals surface area contributed by atoms with Gasteiger partial charge in [0.15, 0.2) is 0 Å². The molecule has 0 saturated heterocycles. The van der Waals surface area contributed by atoms with Gasteiger partial charge in [-0.3, -0.25) is 4.79 Å². The number of aromatic nitrogens is 2. The van der Waals surface area contributed by atoms with Gasteiger partial charge in [0, 0.05) is 28.5 Å². The summed E-state index contributed by atoms with van der Waals surface area (Å²) in [6.07, 6.45) is 8.10. The molecule has 0 aliphatic rings. The summed E-state index contributed by atoms with van der Waals surface area (Å²) in [7, 11) is 0. The number of hydrogen-bond donors (Lipinski definition) is 1. The second kappa shape index (κ2) is 8.86. The standard InChI is InChI=1S/C21H22BrN3O2/c1-3-10-27-19-7-5-4-6-16(19)8-9-20(26)23-12-18-14-25-13-17(22)11-15(2)21(25)24-18/h4-9,11,13-14H,3,10,12H2,1-2H3,(H,23,26)/b9-8+. The van der Waals surface area contributed by atoms with E-state index in [0.717, 1.165) is 39.1 Å². The summed E-state index contributed by atoms with van der Waals surface area (Å²) in [6.45, 7) is 5.10. The quantitative estimate of drug-likeness (QED) is 0.563. The first-order valence-electron chi connectivity index (χ1n) is 8.88. The van der Waals surface area contributed by atoms with E-state index in [1.807, 2.05) is 54.0 Å². The van der Waals surface area contributed by atoms with Gasteiger partial charge in [0.05, 0.1) is 18.8 Å². The van der Waals surface area contributed by atoms with Crippen molar-refractivity contribution < 1.29 is 9.53 Å². The summed E-state index contributed by atoms with van der Waals surface area (Å²) in [5, 5.41) is 2.87. The minimum Gasteiger partial charge on any atom is -0.493 e. The van der Waals surface area contributed by atoms with Gasteiger partial charge in [0.2, 0.25) is 5.91 Å². The van der Waals surface area contributed by atoms with Crippen molar-refractivity contribution in [1.82, 2.24) is 14.7 Å². The highest BCUT2D eigenvalue weighted by Crippen LogP contribution is 2.20. The van der Waals surface area contributed by atoms with Crippen LogP contribution in [0.1, 0.15) is 30.2 Å². The monoisotopic (exact) mass is 427 g/mol. The molecule has 5 nitrogen and oxygen atoms in total. The predicted molar refractivity (Wildman–Crippen MR) is 111 cm³/mol. The lowest BCUT2D eigenvalue weighted by molar-refractivity contribution is -0.116. The van der Waals surface area contributed by atoms with Gasteiger partial charge in [-0.2, -0.15) is 0 Å². The number of halogens is 1. The molecule has 2 aromatic heterocycles. The molecule has 0 radical (unpaired) electrons. The summed E-state index contributed by atoms with van der Waals surface area (Å²) >= 11 is 3.48. The number of ether oxygens (including phenoxy) is 1. The van der Waals surface area contributed by atoms with E-state index in [1.165, 1.54) is 6.08 Å². The molecule has 6 heteroatoms. The molecular formula is C21H22BrN3O2. The molecule has 0 fully saturated rings. The Balaban J connectivity index is 1.63. The lowest BCUT2D eigenvalue weighted by atomic mass is 10.2. The molecule has 0 atom stereocenters. The van der Waals surface area contributed by atoms with Crippen molar-refractivity contribution >= 4 is 33.6 Å². The van der Waals surface area contributed by atoms with Gasteiger partial charge >= 0.3 is 0 Å². The van der Waals surface area contributed by atoms with Gasteiger partial charge in [0.1, 0.15) is 11.4 Å². The Kier molecular flexibility index (Phi) is 6.29. The highest BCUT2D eigenvalue weighted by molar-refractivity contribution is 9.10. The molecule has 3 aromatic rings. The van der Waals surface area contributed by atoms with Crippen LogP contribution in [-0.2, 0) is 11.3 Å². The summed E-state index contributed by atoms with van der Waals surface area (Å²) in [6, 6.07) is 9.70. The first kappa shape index (κ1) is 19.2. The number of nitrogens with one attached hydrogen (secondary N) is 1. The van der Waals surface area contributed by atoms with Crippen LogP contribution in [0.4, 0.5) is 0 Å². The summed E-state index contributed by atoms with van der Waals surface area (Å²) < 4.78 is 8.65. The molecule has 0 saturated carbocycles. The molecule has 1 amide bonds. The smallest absolute Gasteiger partial charge is 0.244 e. The summed E-state index contributed by atoms with van der Waals surface area (Å²) in [5.74, 6) is 0.611. The largest absolute Gasteiger partial charge is 0.493 e. The zero-order valence-corrected chi connectivity index (χ0v) is 17.0. The Hall–Kier alpha value is -2.60. The van der Waals surface area contributed by atoms with Gasteiger partial charge < -0.3 is 14.5 Å². The van der Waals surface area contributed by atoms with Crippen LogP contribution in [0.25, 0.3) is 11.7 Å². The average molecular weight is 428 g/mol. The fourth-order valence-electron chi connectivity index (χ4n) is 2.72. The minimum atomic E-state index is -0.171. The van der Waals surface area contributed by atoms with Gasteiger partial charge in [-0.05, 0) is 53.0 Å². The third-order valence-corrected chi connectivity index (χ3v) is 4.42. The van der Waals surface area contributed by atoms with Crippen molar-refractivity contribution in [2.75, 3.05) is 6.61 Å². The van der Waals surface area contributed by atoms with Crippen molar-refractivity contribution in [3.63, 3.8) is 0 Å². The van der Waals surface area contributed by atoms with Crippen LogP contribution in [0.3, 0.4) is 0 Å².